The van der Waals surface area contributed by atoms with E-state index in [4.69, 9.17) is 5.73 Å². The van der Waals surface area contributed by atoms with E-state index in [0.717, 1.165) is 35.8 Å². The SMILES string of the molecule is CC.CCCNc1ccccc1Cc1cnccc1NC(N)c1ccccc1C(F)(F)F.CN. The predicted octanol–water partition coefficient (Wildman–Crippen LogP) is 6.18. The minimum absolute atomic E-state index is 0.00206. The zero-order valence-corrected chi connectivity index (χ0v) is 20.3. The molecule has 0 saturated heterocycles. The standard InChI is InChI=1S/C23H25F3N4.C2H6.CH5N/c1-2-12-29-20-10-6-3-7-16(20)14-17-15-28-13-11-21(17)30-22(27)18-8-4-5-9-19(18)23(24,25)26;2*1-2/h3-11,13,15,22,29H,2,12,14,27H2,1H3,(H,28,30);1-2H3;2H2,1H3. The van der Waals surface area contributed by atoms with E-state index in [1.807, 2.05) is 38.1 Å². The van der Waals surface area contributed by atoms with Gasteiger partial charge >= 0.3 is 6.18 Å². The van der Waals surface area contributed by atoms with Crippen molar-refractivity contribution in [3.05, 3.63) is 89.2 Å². The molecule has 34 heavy (non-hydrogen) atoms. The van der Waals surface area contributed by atoms with Crippen molar-refractivity contribution in [2.45, 2.75) is 46.0 Å². The summed E-state index contributed by atoms with van der Waals surface area (Å²) < 4.78 is 40.1. The summed E-state index contributed by atoms with van der Waals surface area (Å²) in [6, 6.07) is 15.0. The Bertz CT molecular complexity index is 976. The molecule has 2 aromatic carbocycles. The Morgan fingerprint density at radius 2 is 1.56 bits per heavy atom. The summed E-state index contributed by atoms with van der Waals surface area (Å²) in [4.78, 5) is 4.19. The van der Waals surface area contributed by atoms with Crippen LogP contribution in [-0.4, -0.2) is 18.6 Å². The van der Waals surface area contributed by atoms with Crippen molar-refractivity contribution in [3.63, 3.8) is 0 Å². The van der Waals surface area contributed by atoms with Gasteiger partial charge in [-0.1, -0.05) is 57.2 Å². The fourth-order valence-electron chi connectivity index (χ4n) is 3.29. The molecular formula is C26H36F3N5. The molecule has 0 aliphatic heterocycles. The second-order valence-electron chi connectivity index (χ2n) is 7.00. The van der Waals surface area contributed by atoms with E-state index in [1.54, 1.807) is 24.5 Å². The van der Waals surface area contributed by atoms with Crippen LogP contribution in [0.5, 0.6) is 0 Å². The third kappa shape index (κ3) is 8.35. The molecule has 0 saturated carbocycles. The molecule has 6 N–H and O–H groups in total. The summed E-state index contributed by atoms with van der Waals surface area (Å²) in [6.07, 6.45) is -0.618. The van der Waals surface area contributed by atoms with Gasteiger partial charge in [0.25, 0.3) is 0 Å². The van der Waals surface area contributed by atoms with E-state index in [1.165, 1.54) is 19.2 Å². The molecule has 0 spiro atoms. The molecule has 0 bridgehead atoms. The summed E-state index contributed by atoms with van der Waals surface area (Å²) in [5, 5.41) is 6.44. The highest BCUT2D eigenvalue weighted by molar-refractivity contribution is 5.58. The van der Waals surface area contributed by atoms with Gasteiger partial charge in [0.15, 0.2) is 0 Å². The van der Waals surface area contributed by atoms with Crippen LogP contribution in [0.25, 0.3) is 0 Å². The number of halogens is 3. The Labute approximate surface area is 200 Å². The first kappa shape index (κ1) is 28.9. The van der Waals surface area contributed by atoms with Gasteiger partial charge in [0.05, 0.1) is 5.56 Å². The molecule has 186 valence electrons. The fourth-order valence-corrected chi connectivity index (χ4v) is 3.29. The Morgan fingerprint density at radius 1 is 0.912 bits per heavy atom. The van der Waals surface area contributed by atoms with Gasteiger partial charge in [0.2, 0.25) is 0 Å². The first-order valence-corrected chi connectivity index (χ1v) is 11.4. The molecule has 8 heteroatoms. The average molecular weight is 476 g/mol. The van der Waals surface area contributed by atoms with Crippen LogP contribution in [-0.2, 0) is 12.6 Å². The number of pyridine rings is 1. The number of nitrogens with zero attached hydrogens (tertiary/aromatic N) is 1. The van der Waals surface area contributed by atoms with Crippen LogP contribution in [0.1, 0.15) is 55.6 Å². The third-order valence-corrected chi connectivity index (χ3v) is 4.78. The highest BCUT2D eigenvalue weighted by Gasteiger charge is 2.34. The Kier molecular flexibility index (Phi) is 12.7. The van der Waals surface area contributed by atoms with Crippen LogP contribution in [0.4, 0.5) is 24.5 Å². The lowest BCUT2D eigenvalue weighted by atomic mass is 10.0. The largest absolute Gasteiger partial charge is 0.416 e. The molecule has 0 amide bonds. The number of anilines is 2. The molecule has 0 aliphatic carbocycles. The van der Waals surface area contributed by atoms with Crippen molar-refractivity contribution in [1.82, 2.24) is 4.98 Å². The zero-order chi connectivity index (χ0) is 25.6. The molecule has 1 unspecified atom stereocenters. The van der Waals surface area contributed by atoms with Crippen molar-refractivity contribution in [2.75, 3.05) is 24.2 Å². The van der Waals surface area contributed by atoms with Gasteiger partial charge in [-0.3, -0.25) is 4.98 Å². The molecule has 3 rings (SSSR count). The summed E-state index contributed by atoms with van der Waals surface area (Å²) in [6.45, 7) is 6.95. The number of rotatable bonds is 8. The molecule has 0 aliphatic rings. The van der Waals surface area contributed by atoms with E-state index < -0.39 is 17.9 Å². The van der Waals surface area contributed by atoms with Crippen LogP contribution in [0.3, 0.4) is 0 Å². The first-order chi connectivity index (χ1) is 16.4. The number of hydrogen-bond acceptors (Lipinski definition) is 5. The smallest absolute Gasteiger partial charge is 0.385 e. The normalized spacial score (nSPS) is 11.3. The zero-order valence-electron chi connectivity index (χ0n) is 20.3. The maximum absolute atomic E-state index is 13.4. The van der Waals surface area contributed by atoms with Crippen LogP contribution < -0.4 is 22.1 Å². The lowest BCUT2D eigenvalue weighted by Gasteiger charge is -2.22. The lowest BCUT2D eigenvalue weighted by Crippen LogP contribution is -2.24. The molecule has 1 heterocycles. The number of hydrogen-bond donors (Lipinski definition) is 4. The maximum Gasteiger partial charge on any atom is 0.416 e. The van der Waals surface area contributed by atoms with Crippen LogP contribution >= 0.6 is 0 Å². The van der Waals surface area contributed by atoms with E-state index in [9.17, 15) is 13.2 Å². The predicted molar refractivity (Wildman–Crippen MR) is 136 cm³/mol. The van der Waals surface area contributed by atoms with Crippen molar-refractivity contribution in [2.24, 2.45) is 11.5 Å². The van der Waals surface area contributed by atoms with Gasteiger partial charge in [0, 0.05) is 42.3 Å². The molecule has 0 fully saturated rings. The van der Waals surface area contributed by atoms with Gasteiger partial charge < -0.3 is 22.1 Å². The number of nitrogens with two attached hydrogens (primary N) is 2. The Balaban J connectivity index is 0.00000137. The molecular weight excluding hydrogens is 439 g/mol. The van der Waals surface area contributed by atoms with Gasteiger partial charge in [-0.15, -0.1) is 0 Å². The van der Waals surface area contributed by atoms with Crippen molar-refractivity contribution < 1.29 is 13.2 Å². The van der Waals surface area contributed by atoms with Gasteiger partial charge in [0.1, 0.15) is 6.17 Å². The summed E-state index contributed by atoms with van der Waals surface area (Å²) in [7, 11) is 1.50. The van der Waals surface area contributed by atoms with Crippen LogP contribution in [0.2, 0.25) is 0 Å². The Hall–Kier alpha value is -3.10. The third-order valence-electron chi connectivity index (χ3n) is 4.78. The van der Waals surface area contributed by atoms with E-state index in [0.29, 0.717) is 12.1 Å². The monoisotopic (exact) mass is 475 g/mol. The van der Waals surface area contributed by atoms with Crippen LogP contribution in [0.15, 0.2) is 67.0 Å². The lowest BCUT2D eigenvalue weighted by molar-refractivity contribution is -0.138. The summed E-state index contributed by atoms with van der Waals surface area (Å²) in [5.74, 6) is 0. The number of nitrogens with one attached hydrogen (secondary N) is 2. The van der Waals surface area contributed by atoms with Crippen molar-refractivity contribution in [3.8, 4) is 0 Å². The van der Waals surface area contributed by atoms with E-state index in [-0.39, 0.29) is 5.56 Å². The maximum atomic E-state index is 13.4. The van der Waals surface area contributed by atoms with Gasteiger partial charge in [-0.2, -0.15) is 13.2 Å². The highest BCUT2D eigenvalue weighted by atomic mass is 19.4. The topological polar surface area (TPSA) is 89.0 Å². The van der Waals surface area contributed by atoms with Crippen molar-refractivity contribution in [1.29, 1.82) is 0 Å². The van der Waals surface area contributed by atoms with E-state index in [2.05, 4.69) is 28.3 Å². The summed E-state index contributed by atoms with van der Waals surface area (Å²) >= 11 is 0. The molecule has 1 aromatic heterocycles. The molecule has 5 nitrogen and oxygen atoms in total. The molecule has 0 radical (unpaired) electrons. The average Bonchev–Trinajstić information content (AvgIpc) is 2.86. The number of alkyl halides is 3. The summed E-state index contributed by atoms with van der Waals surface area (Å²) in [5.41, 5.74) is 13.5. The molecule has 3 aromatic rings. The second kappa shape index (κ2) is 14.9. The number of benzene rings is 2. The quantitative estimate of drug-likeness (QED) is 0.292. The van der Waals surface area contributed by atoms with Crippen molar-refractivity contribution >= 4 is 11.4 Å². The highest BCUT2D eigenvalue weighted by Crippen LogP contribution is 2.34. The number of aromatic nitrogens is 1. The minimum Gasteiger partial charge on any atom is -0.385 e. The van der Waals surface area contributed by atoms with Gasteiger partial charge in [-0.05, 0) is 42.8 Å². The van der Waals surface area contributed by atoms with Crippen LogP contribution in [0, 0.1) is 0 Å². The van der Waals surface area contributed by atoms with E-state index >= 15 is 0 Å². The fraction of sp³-hybridized carbons (Fsp3) is 0.346. The van der Waals surface area contributed by atoms with Gasteiger partial charge in [-0.25, -0.2) is 0 Å². The second-order valence-corrected chi connectivity index (χ2v) is 7.00. The minimum atomic E-state index is -4.47. The number of para-hydroxylation sites is 1. The molecule has 1 atom stereocenters. The first-order valence-electron chi connectivity index (χ1n) is 11.4. The Morgan fingerprint density at radius 3 is 2.24 bits per heavy atom.